The molecule has 2 rings (SSSR count). The van der Waals surface area contributed by atoms with Gasteiger partial charge in [0.05, 0.1) is 19.9 Å². The van der Waals surface area contributed by atoms with E-state index in [4.69, 9.17) is 33.3 Å². The molecular formula is C16H17ClN2O2S. The topological polar surface area (TPSA) is 42.5 Å². The van der Waals surface area contributed by atoms with E-state index in [-0.39, 0.29) is 0 Å². The van der Waals surface area contributed by atoms with Crippen molar-refractivity contribution in [3.63, 3.8) is 0 Å². The molecule has 4 nitrogen and oxygen atoms in total. The Morgan fingerprint density at radius 2 is 1.86 bits per heavy atom. The van der Waals surface area contributed by atoms with E-state index < -0.39 is 0 Å². The lowest BCUT2D eigenvalue weighted by atomic mass is 10.2. The molecule has 0 saturated heterocycles. The van der Waals surface area contributed by atoms with Gasteiger partial charge in [0.25, 0.3) is 0 Å². The second-order valence-electron chi connectivity index (χ2n) is 4.61. The highest BCUT2D eigenvalue weighted by molar-refractivity contribution is 7.80. The first-order chi connectivity index (χ1) is 10.5. The van der Waals surface area contributed by atoms with Crippen molar-refractivity contribution in [2.75, 3.05) is 24.9 Å². The standard InChI is InChI=1S/C16H17ClN2O2S/c1-10-7-14(15(21-3)9-13(10)17)19-16(22)18-11-5-4-6-12(8-11)20-2/h4-9H,1-3H3,(H2,18,19,22). The fourth-order valence-corrected chi connectivity index (χ4v) is 2.30. The van der Waals surface area contributed by atoms with Gasteiger partial charge in [-0.15, -0.1) is 0 Å². The minimum atomic E-state index is 0.452. The predicted molar refractivity (Wildman–Crippen MR) is 95.6 cm³/mol. The molecule has 0 aliphatic rings. The van der Waals surface area contributed by atoms with Crippen LogP contribution in [-0.4, -0.2) is 19.3 Å². The van der Waals surface area contributed by atoms with Gasteiger partial charge in [0, 0.05) is 22.8 Å². The number of anilines is 2. The average molecular weight is 337 g/mol. The normalized spacial score (nSPS) is 10.0. The number of thiocarbonyl (C=S) groups is 1. The van der Waals surface area contributed by atoms with Gasteiger partial charge in [-0.2, -0.15) is 0 Å². The number of rotatable bonds is 4. The summed E-state index contributed by atoms with van der Waals surface area (Å²) >= 11 is 11.4. The third kappa shape index (κ3) is 4.02. The summed E-state index contributed by atoms with van der Waals surface area (Å²) < 4.78 is 10.5. The van der Waals surface area contributed by atoms with Crippen LogP contribution < -0.4 is 20.1 Å². The highest BCUT2D eigenvalue weighted by Gasteiger charge is 2.09. The summed E-state index contributed by atoms with van der Waals surface area (Å²) in [5, 5.41) is 7.31. The SMILES string of the molecule is COc1cccc(NC(=S)Nc2cc(C)c(Cl)cc2OC)c1. The van der Waals surface area contributed by atoms with Gasteiger partial charge < -0.3 is 20.1 Å². The van der Waals surface area contributed by atoms with Crippen molar-refractivity contribution in [3.8, 4) is 11.5 Å². The van der Waals surface area contributed by atoms with E-state index in [9.17, 15) is 0 Å². The number of hydrogen-bond donors (Lipinski definition) is 2. The Kier molecular flexibility index (Phi) is 5.46. The lowest BCUT2D eigenvalue weighted by Gasteiger charge is -2.15. The molecule has 0 heterocycles. The average Bonchev–Trinajstić information content (AvgIpc) is 2.50. The van der Waals surface area contributed by atoms with Crippen LogP contribution in [0.5, 0.6) is 11.5 Å². The Morgan fingerprint density at radius 1 is 1.09 bits per heavy atom. The van der Waals surface area contributed by atoms with E-state index in [2.05, 4.69) is 10.6 Å². The first kappa shape index (κ1) is 16.4. The largest absolute Gasteiger partial charge is 0.497 e. The maximum absolute atomic E-state index is 6.09. The molecule has 0 aromatic heterocycles. The van der Waals surface area contributed by atoms with Gasteiger partial charge >= 0.3 is 0 Å². The van der Waals surface area contributed by atoms with Gasteiger partial charge in [-0.25, -0.2) is 0 Å². The van der Waals surface area contributed by atoms with Crippen molar-refractivity contribution >= 4 is 40.3 Å². The summed E-state index contributed by atoms with van der Waals surface area (Å²) in [7, 11) is 3.21. The van der Waals surface area contributed by atoms with Crippen LogP contribution in [0.3, 0.4) is 0 Å². The zero-order chi connectivity index (χ0) is 16.1. The summed E-state index contributed by atoms with van der Waals surface area (Å²) in [5.41, 5.74) is 2.53. The second-order valence-corrected chi connectivity index (χ2v) is 5.43. The van der Waals surface area contributed by atoms with Gasteiger partial charge in [-0.1, -0.05) is 17.7 Å². The van der Waals surface area contributed by atoms with Gasteiger partial charge in [0.15, 0.2) is 5.11 Å². The molecule has 2 N–H and O–H groups in total. The molecule has 0 aliphatic carbocycles. The molecule has 0 unspecified atom stereocenters. The number of nitrogens with one attached hydrogen (secondary N) is 2. The zero-order valence-electron chi connectivity index (χ0n) is 12.6. The van der Waals surface area contributed by atoms with Crippen molar-refractivity contribution in [1.82, 2.24) is 0 Å². The number of ether oxygens (including phenoxy) is 2. The molecule has 0 aliphatic heterocycles. The zero-order valence-corrected chi connectivity index (χ0v) is 14.1. The molecule has 0 spiro atoms. The van der Waals surface area contributed by atoms with Crippen LogP contribution in [-0.2, 0) is 0 Å². The van der Waals surface area contributed by atoms with Crippen LogP contribution in [0.4, 0.5) is 11.4 Å². The molecular weight excluding hydrogens is 320 g/mol. The van der Waals surface area contributed by atoms with E-state index in [1.54, 1.807) is 20.3 Å². The second kappa shape index (κ2) is 7.33. The van der Waals surface area contributed by atoms with Crippen molar-refractivity contribution in [3.05, 3.63) is 47.0 Å². The number of methoxy groups -OCH3 is 2. The summed E-state index contributed by atoms with van der Waals surface area (Å²) in [6.07, 6.45) is 0. The Bertz CT molecular complexity index is 692. The number of benzene rings is 2. The van der Waals surface area contributed by atoms with Crippen LogP contribution in [0.1, 0.15) is 5.56 Å². The van der Waals surface area contributed by atoms with Crippen molar-refractivity contribution < 1.29 is 9.47 Å². The highest BCUT2D eigenvalue weighted by atomic mass is 35.5. The minimum Gasteiger partial charge on any atom is -0.497 e. The Hall–Kier alpha value is -1.98. The van der Waals surface area contributed by atoms with E-state index in [0.29, 0.717) is 15.9 Å². The lowest BCUT2D eigenvalue weighted by Crippen LogP contribution is -2.19. The van der Waals surface area contributed by atoms with Crippen LogP contribution in [0.15, 0.2) is 36.4 Å². The van der Waals surface area contributed by atoms with Gasteiger partial charge in [0.1, 0.15) is 11.5 Å². The minimum absolute atomic E-state index is 0.452. The summed E-state index contributed by atoms with van der Waals surface area (Å²) in [6, 6.07) is 11.2. The molecule has 6 heteroatoms. The van der Waals surface area contributed by atoms with Crippen LogP contribution in [0.2, 0.25) is 5.02 Å². The van der Waals surface area contributed by atoms with E-state index in [0.717, 1.165) is 22.7 Å². The van der Waals surface area contributed by atoms with Crippen molar-refractivity contribution in [2.45, 2.75) is 6.92 Å². The third-order valence-electron chi connectivity index (χ3n) is 3.06. The smallest absolute Gasteiger partial charge is 0.175 e. The first-order valence-corrected chi connectivity index (χ1v) is 7.38. The van der Waals surface area contributed by atoms with E-state index >= 15 is 0 Å². The monoisotopic (exact) mass is 336 g/mol. The fourth-order valence-electron chi connectivity index (χ4n) is 1.92. The highest BCUT2D eigenvalue weighted by Crippen LogP contribution is 2.31. The molecule has 0 radical (unpaired) electrons. The lowest BCUT2D eigenvalue weighted by molar-refractivity contribution is 0.415. The van der Waals surface area contributed by atoms with E-state index in [1.807, 2.05) is 37.3 Å². The predicted octanol–water partition coefficient (Wildman–Crippen LogP) is 4.47. The van der Waals surface area contributed by atoms with E-state index in [1.165, 1.54) is 0 Å². The molecule has 2 aromatic carbocycles. The molecule has 0 atom stereocenters. The summed E-state index contributed by atoms with van der Waals surface area (Å²) in [4.78, 5) is 0. The Balaban J connectivity index is 2.13. The number of hydrogen-bond acceptors (Lipinski definition) is 3. The Morgan fingerprint density at radius 3 is 2.55 bits per heavy atom. The van der Waals surface area contributed by atoms with Crippen LogP contribution in [0.25, 0.3) is 0 Å². The third-order valence-corrected chi connectivity index (χ3v) is 3.67. The molecule has 2 aromatic rings. The number of halogens is 1. The molecule has 0 fully saturated rings. The first-order valence-electron chi connectivity index (χ1n) is 6.59. The molecule has 0 saturated carbocycles. The van der Waals surface area contributed by atoms with Crippen LogP contribution in [0, 0.1) is 6.92 Å². The van der Waals surface area contributed by atoms with Gasteiger partial charge in [-0.3, -0.25) is 0 Å². The molecule has 0 bridgehead atoms. The van der Waals surface area contributed by atoms with Gasteiger partial charge in [-0.05, 0) is 42.9 Å². The van der Waals surface area contributed by atoms with Crippen molar-refractivity contribution in [1.29, 1.82) is 0 Å². The van der Waals surface area contributed by atoms with Gasteiger partial charge in [0.2, 0.25) is 0 Å². The maximum Gasteiger partial charge on any atom is 0.175 e. The molecule has 22 heavy (non-hydrogen) atoms. The Labute approximate surface area is 140 Å². The molecule has 0 amide bonds. The van der Waals surface area contributed by atoms with Crippen LogP contribution >= 0.6 is 23.8 Å². The summed E-state index contributed by atoms with van der Waals surface area (Å²) in [6.45, 7) is 1.92. The summed E-state index contributed by atoms with van der Waals surface area (Å²) in [5.74, 6) is 1.39. The van der Waals surface area contributed by atoms with Crippen molar-refractivity contribution in [2.24, 2.45) is 0 Å². The molecule has 116 valence electrons. The maximum atomic E-state index is 6.09. The number of aryl methyl sites for hydroxylation is 1. The quantitative estimate of drug-likeness (QED) is 0.806. The fraction of sp³-hybridized carbons (Fsp3) is 0.188.